The van der Waals surface area contributed by atoms with Crippen molar-refractivity contribution in [2.24, 2.45) is 5.73 Å². The summed E-state index contributed by atoms with van der Waals surface area (Å²) in [6, 6.07) is 0. The number of amides is 1. The van der Waals surface area contributed by atoms with Gasteiger partial charge in [-0.25, -0.2) is 0 Å². The van der Waals surface area contributed by atoms with Crippen molar-refractivity contribution in [1.29, 1.82) is 0 Å². The number of aliphatic hydroxyl groups excluding tert-OH is 1. The lowest BCUT2D eigenvalue weighted by molar-refractivity contribution is -0.115. The first kappa shape index (κ1) is 8.97. The van der Waals surface area contributed by atoms with Crippen LogP contribution in [0.15, 0.2) is 11.8 Å². The molecule has 0 unspecified atom stereocenters. The van der Waals surface area contributed by atoms with Gasteiger partial charge in [0.1, 0.15) is 0 Å². The van der Waals surface area contributed by atoms with Crippen molar-refractivity contribution in [3.8, 4) is 0 Å². The number of primary amides is 1. The van der Waals surface area contributed by atoms with Crippen LogP contribution in [0.3, 0.4) is 0 Å². The van der Waals surface area contributed by atoms with Gasteiger partial charge in [-0.3, -0.25) is 4.79 Å². The van der Waals surface area contributed by atoms with Crippen LogP contribution in [0, 0.1) is 0 Å². The SMILES string of the molecule is CN(C)C=C(CO)C(N)=O. The first-order chi connectivity index (χ1) is 4.57. The molecule has 0 heterocycles. The van der Waals surface area contributed by atoms with Gasteiger partial charge in [0.05, 0.1) is 12.2 Å². The zero-order valence-electron chi connectivity index (χ0n) is 6.16. The molecule has 10 heavy (non-hydrogen) atoms. The largest absolute Gasteiger partial charge is 0.391 e. The molecular weight excluding hydrogens is 132 g/mol. The minimum atomic E-state index is -0.587. The third-order valence-electron chi connectivity index (χ3n) is 0.901. The smallest absolute Gasteiger partial charge is 0.248 e. The summed E-state index contributed by atoms with van der Waals surface area (Å²) in [6.45, 7) is -0.312. The molecule has 0 atom stereocenters. The normalized spacial score (nSPS) is 11.3. The highest BCUT2D eigenvalue weighted by molar-refractivity contribution is 5.91. The van der Waals surface area contributed by atoms with Gasteiger partial charge in [-0.1, -0.05) is 0 Å². The molecule has 0 aromatic rings. The predicted octanol–water partition coefficient (Wildman–Crippen LogP) is -1.09. The first-order valence-electron chi connectivity index (χ1n) is 2.85. The minimum Gasteiger partial charge on any atom is -0.391 e. The van der Waals surface area contributed by atoms with Crippen LogP contribution in [0.1, 0.15) is 0 Å². The molecule has 0 aliphatic rings. The van der Waals surface area contributed by atoms with E-state index in [-0.39, 0.29) is 12.2 Å². The van der Waals surface area contributed by atoms with E-state index in [4.69, 9.17) is 10.8 Å². The third-order valence-corrected chi connectivity index (χ3v) is 0.901. The number of rotatable bonds is 3. The summed E-state index contributed by atoms with van der Waals surface area (Å²) in [5.74, 6) is -0.587. The maximum absolute atomic E-state index is 10.4. The molecule has 0 spiro atoms. The van der Waals surface area contributed by atoms with E-state index >= 15 is 0 Å². The molecule has 0 aromatic heterocycles. The van der Waals surface area contributed by atoms with E-state index in [1.54, 1.807) is 19.0 Å². The fourth-order valence-corrected chi connectivity index (χ4v) is 0.494. The Kier molecular flexibility index (Phi) is 3.49. The van der Waals surface area contributed by atoms with Gasteiger partial charge < -0.3 is 15.7 Å². The Bertz CT molecular complexity index is 152. The van der Waals surface area contributed by atoms with E-state index < -0.39 is 5.91 Å². The molecular formula is C6H12N2O2. The monoisotopic (exact) mass is 144 g/mol. The number of aliphatic hydroxyl groups is 1. The highest BCUT2D eigenvalue weighted by Crippen LogP contribution is 1.91. The second-order valence-corrected chi connectivity index (χ2v) is 2.14. The molecule has 0 aliphatic carbocycles. The molecule has 0 bridgehead atoms. The van der Waals surface area contributed by atoms with Crippen LogP contribution in [0.2, 0.25) is 0 Å². The van der Waals surface area contributed by atoms with Crippen LogP contribution in [0.25, 0.3) is 0 Å². The van der Waals surface area contributed by atoms with Crippen molar-refractivity contribution in [2.45, 2.75) is 0 Å². The summed E-state index contributed by atoms with van der Waals surface area (Å²) in [5, 5.41) is 8.55. The van der Waals surface area contributed by atoms with Crippen molar-refractivity contribution in [3.63, 3.8) is 0 Å². The van der Waals surface area contributed by atoms with Gasteiger partial charge in [0.2, 0.25) is 5.91 Å². The number of hydrogen-bond acceptors (Lipinski definition) is 3. The van der Waals surface area contributed by atoms with Gasteiger partial charge in [0.25, 0.3) is 0 Å². The minimum absolute atomic E-state index is 0.213. The van der Waals surface area contributed by atoms with E-state index in [1.807, 2.05) is 0 Å². The predicted molar refractivity (Wildman–Crippen MR) is 38.1 cm³/mol. The number of nitrogens with two attached hydrogens (primary N) is 1. The molecule has 3 N–H and O–H groups in total. The second-order valence-electron chi connectivity index (χ2n) is 2.14. The fraction of sp³-hybridized carbons (Fsp3) is 0.500. The van der Waals surface area contributed by atoms with Gasteiger partial charge in [-0.15, -0.1) is 0 Å². The first-order valence-corrected chi connectivity index (χ1v) is 2.85. The van der Waals surface area contributed by atoms with Gasteiger partial charge >= 0.3 is 0 Å². The van der Waals surface area contributed by atoms with E-state index in [0.717, 1.165) is 0 Å². The maximum Gasteiger partial charge on any atom is 0.248 e. The lowest BCUT2D eigenvalue weighted by Crippen LogP contribution is -2.19. The van der Waals surface area contributed by atoms with Crippen LogP contribution in [-0.2, 0) is 4.79 Å². The third kappa shape index (κ3) is 3.09. The number of hydrogen-bond donors (Lipinski definition) is 2. The maximum atomic E-state index is 10.4. The molecule has 0 rings (SSSR count). The lowest BCUT2D eigenvalue weighted by Gasteiger charge is -2.06. The van der Waals surface area contributed by atoms with Gasteiger partial charge in [-0.05, 0) is 0 Å². The van der Waals surface area contributed by atoms with E-state index in [2.05, 4.69) is 0 Å². The Morgan fingerprint density at radius 3 is 2.30 bits per heavy atom. The van der Waals surface area contributed by atoms with E-state index in [0.29, 0.717) is 0 Å². The Morgan fingerprint density at radius 2 is 2.20 bits per heavy atom. The molecule has 0 saturated heterocycles. The molecule has 0 fully saturated rings. The lowest BCUT2D eigenvalue weighted by atomic mass is 10.3. The fourth-order valence-electron chi connectivity index (χ4n) is 0.494. The van der Waals surface area contributed by atoms with E-state index in [9.17, 15) is 4.79 Å². The van der Waals surface area contributed by atoms with Crippen molar-refractivity contribution in [3.05, 3.63) is 11.8 Å². The Morgan fingerprint density at radius 1 is 1.70 bits per heavy atom. The van der Waals surface area contributed by atoms with Gasteiger partial charge in [0, 0.05) is 20.3 Å². The topological polar surface area (TPSA) is 66.6 Å². The van der Waals surface area contributed by atoms with Crippen LogP contribution in [0.5, 0.6) is 0 Å². The number of carbonyl (C=O) groups excluding carboxylic acids is 1. The molecule has 4 heteroatoms. The number of carbonyl (C=O) groups is 1. The summed E-state index contributed by atoms with van der Waals surface area (Å²) in [5.41, 5.74) is 5.11. The van der Waals surface area contributed by atoms with Gasteiger partial charge in [-0.2, -0.15) is 0 Å². The Labute approximate surface area is 59.9 Å². The van der Waals surface area contributed by atoms with Crippen LogP contribution in [0.4, 0.5) is 0 Å². The summed E-state index contributed by atoms with van der Waals surface area (Å²) >= 11 is 0. The Hall–Kier alpha value is -1.03. The summed E-state index contributed by atoms with van der Waals surface area (Å²) in [6.07, 6.45) is 1.49. The second kappa shape index (κ2) is 3.90. The number of nitrogens with zero attached hydrogens (tertiary/aromatic N) is 1. The highest BCUT2D eigenvalue weighted by Gasteiger charge is 2.01. The standard InChI is InChI=1S/C6H12N2O2/c1-8(2)3-5(4-9)6(7)10/h3,9H,4H2,1-2H3,(H2,7,10). The van der Waals surface area contributed by atoms with Crippen LogP contribution < -0.4 is 5.73 Å². The molecule has 0 saturated carbocycles. The van der Waals surface area contributed by atoms with E-state index in [1.165, 1.54) is 6.20 Å². The van der Waals surface area contributed by atoms with Crippen LogP contribution >= 0.6 is 0 Å². The molecule has 0 aliphatic heterocycles. The molecule has 58 valence electrons. The van der Waals surface area contributed by atoms with Crippen molar-refractivity contribution >= 4 is 5.91 Å². The quantitative estimate of drug-likeness (QED) is 0.494. The van der Waals surface area contributed by atoms with Crippen molar-refractivity contribution in [2.75, 3.05) is 20.7 Å². The molecule has 1 amide bonds. The molecule has 0 aromatic carbocycles. The summed E-state index contributed by atoms with van der Waals surface area (Å²) in [7, 11) is 3.50. The van der Waals surface area contributed by atoms with Crippen molar-refractivity contribution in [1.82, 2.24) is 4.90 Å². The summed E-state index contributed by atoms with van der Waals surface area (Å²) in [4.78, 5) is 12.1. The van der Waals surface area contributed by atoms with Crippen LogP contribution in [-0.4, -0.2) is 36.6 Å². The highest BCUT2D eigenvalue weighted by atomic mass is 16.3. The zero-order chi connectivity index (χ0) is 8.15. The summed E-state index contributed by atoms with van der Waals surface area (Å²) < 4.78 is 0. The Balaban J connectivity index is 4.19. The van der Waals surface area contributed by atoms with Crippen molar-refractivity contribution < 1.29 is 9.90 Å². The molecule has 0 radical (unpaired) electrons. The average Bonchev–Trinajstić information content (AvgIpc) is 1.81. The zero-order valence-corrected chi connectivity index (χ0v) is 6.16. The average molecular weight is 144 g/mol. The molecule has 4 nitrogen and oxygen atoms in total. The van der Waals surface area contributed by atoms with Gasteiger partial charge in [0.15, 0.2) is 0 Å².